The van der Waals surface area contributed by atoms with Gasteiger partial charge in [-0.05, 0) is 60.4 Å². The van der Waals surface area contributed by atoms with Crippen LogP contribution in [0.15, 0.2) is 71.1 Å². The lowest BCUT2D eigenvalue weighted by atomic mass is 9.99. The number of hydrogen-bond acceptors (Lipinski definition) is 4. The number of para-hydroxylation sites is 2. The van der Waals surface area contributed by atoms with Gasteiger partial charge in [0, 0.05) is 5.56 Å². The third-order valence-corrected chi connectivity index (χ3v) is 5.54. The predicted molar refractivity (Wildman–Crippen MR) is 124 cm³/mol. The average molecular weight is 435 g/mol. The third-order valence-electron chi connectivity index (χ3n) is 5.21. The van der Waals surface area contributed by atoms with Crippen molar-refractivity contribution in [2.24, 2.45) is 0 Å². The van der Waals surface area contributed by atoms with E-state index in [-0.39, 0.29) is 12.5 Å². The van der Waals surface area contributed by atoms with Crippen molar-refractivity contribution in [1.29, 1.82) is 0 Å². The standard InChI is InChI=1S/C25H23ClN2O3/c1-3-16(2)17-8-11-19(12-9-17)30-15-24(29)27-22-14-18(10-13-20(22)26)25-28-21-6-4-5-7-23(21)31-25/h4-14,16H,3,15H2,1-2H3,(H,27,29)/t16-/m1/s1. The van der Waals surface area contributed by atoms with Gasteiger partial charge in [0.2, 0.25) is 5.89 Å². The Kier molecular flexibility index (Phi) is 6.23. The summed E-state index contributed by atoms with van der Waals surface area (Å²) in [5.41, 5.74) is 3.92. The molecule has 0 aliphatic rings. The van der Waals surface area contributed by atoms with E-state index in [9.17, 15) is 4.79 Å². The van der Waals surface area contributed by atoms with Gasteiger partial charge in [-0.25, -0.2) is 4.98 Å². The minimum atomic E-state index is -0.303. The number of amides is 1. The SMILES string of the molecule is CC[C@@H](C)c1ccc(OCC(=O)Nc2cc(-c3nc4ccccc4o3)ccc2Cl)cc1. The molecule has 31 heavy (non-hydrogen) atoms. The number of hydrogen-bond donors (Lipinski definition) is 1. The number of ether oxygens (including phenoxy) is 1. The van der Waals surface area contributed by atoms with Crippen LogP contribution in [-0.4, -0.2) is 17.5 Å². The zero-order chi connectivity index (χ0) is 21.8. The smallest absolute Gasteiger partial charge is 0.262 e. The molecule has 1 amide bonds. The minimum Gasteiger partial charge on any atom is -0.484 e. The molecule has 5 nitrogen and oxygen atoms in total. The van der Waals surface area contributed by atoms with Crippen LogP contribution in [0.2, 0.25) is 5.02 Å². The number of rotatable bonds is 7. The van der Waals surface area contributed by atoms with Crippen molar-refractivity contribution in [2.75, 3.05) is 11.9 Å². The molecule has 3 aromatic carbocycles. The van der Waals surface area contributed by atoms with E-state index in [0.29, 0.717) is 33.9 Å². The largest absolute Gasteiger partial charge is 0.484 e. The lowest BCUT2D eigenvalue weighted by molar-refractivity contribution is -0.118. The zero-order valence-corrected chi connectivity index (χ0v) is 18.1. The van der Waals surface area contributed by atoms with E-state index < -0.39 is 0 Å². The van der Waals surface area contributed by atoms with E-state index in [2.05, 4.69) is 24.1 Å². The van der Waals surface area contributed by atoms with Crippen LogP contribution in [0.5, 0.6) is 5.75 Å². The average Bonchev–Trinajstić information content (AvgIpc) is 3.23. The van der Waals surface area contributed by atoms with Crippen LogP contribution in [0.25, 0.3) is 22.6 Å². The summed E-state index contributed by atoms with van der Waals surface area (Å²) in [7, 11) is 0. The first kappa shape index (κ1) is 20.9. The number of carbonyl (C=O) groups excluding carboxylic acids is 1. The Hall–Kier alpha value is -3.31. The van der Waals surface area contributed by atoms with Crippen molar-refractivity contribution in [3.05, 3.63) is 77.3 Å². The molecule has 0 aliphatic carbocycles. The molecule has 0 aliphatic heterocycles. The minimum absolute atomic E-state index is 0.119. The third kappa shape index (κ3) is 4.89. The number of carbonyl (C=O) groups is 1. The molecular weight excluding hydrogens is 412 g/mol. The van der Waals surface area contributed by atoms with Crippen LogP contribution >= 0.6 is 11.6 Å². The summed E-state index contributed by atoms with van der Waals surface area (Å²) in [6.07, 6.45) is 1.08. The molecule has 0 saturated heterocycles. The van der Waals surface area contributed by atoms with Gasteiger partial charge < -0.3 is 14.5 Å². The van der Waals surface area contributed by atoms with Gasteiger partial charge in [0.05, 0.1) is 10.7 Å². The Morgan fingerprint density at radius 3 is 2.65 bits per heavy atom. The number of oxazole rings is 1. The maximum Gasteiger partial charge on any atom is 0.262 e. The monoisotopic (exact) mass is 434 g/mol. The van der Waals surface area contributed by atoms with Crippen molar-refractivity contribution in [2.45, 2.75) is 26.2 Å². The molecule has 1 aromatic heterocycles. The van der Waals surface area contributed by atoms with E-state index in [1.165, 1.54) is 5.56 Å². The summed E-state index contributed by atoms with van der Waals surface area (Å²) in [6.45, 7) is 4.22. The Balaban J connectivity index is 1.42. The predicted octanol–water partition coefficient (Wildman–Crippen LogP) is 6.68. The second-order valence-corrected chi connectivity index (χ2v) is 7.80. The van der Waals surface area contributed by atoms with Crippen LogP contribution < -0.4 is 10.1 Å². The van der Waals surface area contributed by atoms with Crippen molar-refractivity contribution in [3.8, 4) is 17.2 Å². The maximum atomic E-state index is 12.4. The molecule has 0 fully saturated rings. The molecule has 0 bridgehead atoms. The first-order valence-electron chi connectivity index (χ1n) is 10.2. The molecule has 6 heteroatoms. The van der Waals surface area contributed by atoms with Crippen molar-refractivity contribution in [1.82, 2.24) is 4.98 Å². The number of fused-ring (bicyclic) bond motifs is 1. The van der Waals surface area contributed by atoms with E-state index in [1.54, 1.807) is 18.2 Å². The molecule has 4 rings (SSSR count). The Labute approximate surface area is 186 Å². The van der Waals surface area contributed by atoms with E-state index in [1.807, 2.05) is 48.5 Å². The fraction of sp³-hybridized carbons (Fsp3) is 0.200. The Morgan fingerprint density at radius 2 is 1.90 bits per heavy atom. The van der Waals surface area contributed by atoms with Crippen molar-refractivity contribution in [3.63, 3.8) is 0 Å². The first-order chi connectivity index (χ1) is 15.0. The lowest BCUT2D eigenvalue weighted by Gasteiger charge is -2.11. The molecular formula is C25H23ClN2O3. The second kappa shape index (κ2) is 9.23. The van der Waals surface area contributed by atoms with Gasteiger partial charge >= 0.3 is 0 Å². The molecule has 1 heterocycles. The topological polar surface area (TPSA) is 64.4 Å². The molecule has 0 spiro atoms. The normalized spacial score (nSPS) is 12.0. The Morgan fingerprint density at radius 1 is 1.13 bits per heavy atom. The van der Waals surface area contributed by atoms with Crippen LogP contribution in [-0.2, 0) is 4.79 Å². The molecule has 0 unspecified atom stereocenters. The van der Waals surface area contributed by atoms with Gasteiger partial charge in [-0.15, -0.1) is 0 Å². The molecule has 0 saturated carbocycles. The second-order valence-electron chi connectivity index (χ2n) is 7.40. The van der Waals surface area contributed by atoms with Crippen molar-refractivity contribution >= 4 is 34.3 Å². The molecule has 158 valence electrons. The van der Waals surface area contributed by atoms with Gasteiger partial charge in [-0.1, -0.05) is 49.7 Å². The van der Waals surface area contributed by atoms with Gasteiger partial charge in [-0.3, -0.25) is 4.79 Å². The summed E-state index contributed by atoms with van der Waals surface area (Å²) in [4.78, 5) is 16.9. The number of nitrogens with one attached hydrogen (secondary N) is 1. The number of halogens is 1. The number of nitrogens with zero attached hydrogens (tertiary/aromatic N) is 1. The first-order valence-corrected chi connectivity index (χ1v) is 10.6. The van der Waals surface area contributed by atoms with E-state index in [4.69, 9.17) is 20.8 Å². The molecule has 0 radical (unpaired) electrons. The van der Waals surface area contributed by atoms with Gasteiger partial charge in [0.25, 0.3) is 5.91 Å². The van der Waals surface area contributed by atoms with E-state index in [0.717, 1.165) is 17.5 Å². The van der Waals surface area contributed by atoms with E-state index >= 15 is 0 Å². The number of benzene rings is 3. The summed E-state index contributed by atoms with van der Waals surface area (Å²) in [5.74, 6) is 1.30. The van der Waals surface area contributed by atoms with Gasteiger partial charge in [-0.2, -0.15) is 0 Å². The summed E-state index contributed by atoms with van der Waals surface area (Å²) in [5, 5.41) is 3.22. The fourth-order valence-corrected chi connectivity index (χ4v) is 3.38. The fourth-order valence-electron chi connectivity index (χ4n) is 3.21. The number of aromatic nitrogens is 1. The summed E-state index contributed by atoms with van der Waals surface area (Å²) >= 11 is 6.28. The van der Waals surface area contributed by atoms with Crippen LogP contribution in [0, 0.1) is 0 Å². The molecule has 1 N–H and O–H groups in total. The highest BCUT2D eigenvalue weighted by Gasteiger charge is 2.13. The molecule has 1 atom stereocenters. The highest BCUT2D eigenvalue weighted by atomic mass is 35.5. The highest BCUT2D eigenvalue weighted by molar-refractivity contribution is 6.33. The highest BCUT2D eigenvalue weighted by Crippen LogP contribution is 2.30. The van der Waals surface area contributed by atoms with Gasteiger partial charge in [0.15, 0.2) is 12.2 Å². The number of anilines is 1. The lowest BCUT2D eigenvalue weighted by Crippen LogP contribution is -2.20. The van der Waals surface area contributed by atoms with Crippen LogP contribution in [0.1, 0.15) is 31.7 Å². The van der Waals surface area contributed by atoms with Crippen molar-refractivity contribution < 1.29 is 13.9 Å². The quantitative estimate of drug-likeness (QED) is 0.352. The maximum absolute atomic E-state index is 12.4. The zero-order valence-electron chi connectivity index (χ0n) is 17.4. The Bertz CT molecular complexity index is 1170. The van der Waals surface area contributed by atoms with Crippen LogP contribution in [0.3, 0.4) is 0 Å². The summed E-state index contributed by atoms with van der Waals surface area (Å²) in [6, 6.07) is 20.6. The van der Waals surface area contributed by atoms with Gasteiger partial charge in [0.1, 0.15) is 11.3 Å². The van der Waals surface area contributed by atoms with Crippen LogP contribution in [0.4, 0.5) is 5.69 Å². The molecule has 4 aromatic rings. The summed E-state index contributed by atoms with van der Waals surface area (Å²) < 4.78 is 11.4.